The Morgan fingerprint density at radius 2 is 2.12 bits per heavy atom. The molecule has 0 saturated heterocycles. The monoisotopic (exact) mass is 288 g/mol. The predicted octanol–water partition coefficient (Wildman–Crippen LogP) is 2.97. The molecular formula is C12H9BrN4. The van der Waals surface area contributed by atoms with Gasteiger partial charge in [-0.05, 0) is 17.7 Å². The zero-order chi connectivity index (χ0) is 11.8. The third-order valence-corrected chi connectivity index (χ3v) is 3.13. The number of H-pyrrole nitrogens is 1. The number of aromatic nitrogens is 3. The standard InChI is InChI=1S/C12H9BrN4/c13-8-3-1-2-7(4-8)9-5-15-12-10(9)11(14)16-6-17-12/h1-6H,(H3,14,15,16,17). The lowest BCUT2D eigenvalue weighted by atomic mass is 10.1. The van der Waals surface area contributed by atoms with Gasteiger partial charge in [0, 0.05) is 16.2 Å². The van der Waals surface area contributed by atoms with Gasteiger partial charge in [0.05, 0.1) is 5.39 Å². The first-order valence-electron chi connectivity index (χ1n) is 5.09. The molecule has 84 valence electrons. The highest BCUT2D eigenvalue weighted by molar-refractivity contribution is 9.10. The van der Waals surface area contributed by atoms with Crippen LogP contribution in [0.3, 0.4) is 0 Å². The molecule has 0 spiro atoms. The number of aromatic amines is 1. The van der Waals surface area contributed by atoms with Gasteiger partial charge in [-0.25, -0.2) is 9.97 Å². The van der Waals surface area contributed by atoms with Crippen LogP contribution in [0.25, 0.3) is 22.2 Å². The topological polar surface area (TPSA) is 67.6 Å². The van der Waals surface area contributed by atoms with E-state index in [1.165, 1.54) is 6.33 Å². The molecule has 0 saturated carbocycles. The highest BCUT2D eigenvalue weighted by Crippen LogP contribution is 2.31. The van der Waals surface area contributed by atoms with Gasteiger partial charge in [-0.1, -0.05) is 28.1 Å². The van der Waals surface area contributed by atoms with E-state index in [9.17, 15) is 0 Å². The highest BCUT2D eigenvalue weighted by Gasteiger charge is 2.10. The Hall–Kier alpha value is -1.88. The van der Waals surface area contributed by atoms with Gasteiger partial charge in [0.15, 0.2) is 0 Å². The molecule has 1 aromatic carbocycles. The van der Waals surface area contributed by atoms with Gasteiger partial charge in [-0.15, -0.1) is 0 Å². The Labute approximate surface area is 106 Å². The number of anilines is 1. The highest BCUT2D eigenvalue weighted by atomic mass is 79.9. The summed E-state index contributed by atoms with van der Waals surface area (Å²) < 4.78 is 1.03. The molecule has 2 aromatic heterocycles. The number of hydrogen-bond donors (Lipinski definition) is 2. The summed E-state index contributed by atoms with van der Waals surface area (Å²) in [6.45, 7) is 0. The van der Waals surface area contributed by atoms with Crippen LogP contribution in [0.4, 0.5) is 5.82 Å². The quantitative estimate of drug-likeness (QED) is 0.723. The number of rotatable bonds is 1. The molecule has 5 heteroatoms. The van der Waals surface area contributed by atoms with Crippen molar-refractivity contribution in [3.63, 3.8) is 0 Å². The third kappa shape index (κ3) is 1.68. The number of benzene rings is 1. The first-order valence-corrected chi connectivity index (χ1v) is 5.88. The van der Waals surface area contributed by atoms with E-state index in [0.29, 0.717) is 5.82 Å². The summed E-state index contributed by atoms with van der Waals surface area (Å²) in [5, 5.41) is 0.866. The number of nitrogens with zero attached hydrogens (tertiary/aromatic N) is 2. The molecule has 0 radical (unpaired) electrons. The molecule has 2 heterocycles. The first kappa shape index (κ1) is 10.3. The lowest BCUT2D eigenvalue weighted by molar-refractivity contribution is 1.21. The first-order chi connectivity index (χ1) is 8.25. The molecule has 0 unspecified atom stereocenters. The molecule has 0 amide bonds. The van der Waals surface area contributed by atoms with Gasteiger partial charge >= 0.3 is 0 Å². The van der Waals surface area contributed by atoms with E-state index in [1.54, 1.807) is 0 Å². The Kier molecular flexibility index (Phi) is 2.33. The van der Waals surface area contributed by atoms with Crippen molar-refractivity contribution in [2.24, 2.45) is 0 Å². The van der Waals surface area contributed by atoms with Crippen molar-refractivity contribution in [2.75, 3.05) is 5.73 Å². The molecular weight excluding hydrogens is 280 g/mol. The predicted molar refractivity (Wildman–Crippen MR) is 71.4 cm³/mol. The smallest absolute Gasteiger partial charge is 0.143 e. The summed E-state index contributed by atoms with van der Waals surface area (Å²) in [5.41, 5.74) is 8.74. The van der Waals surface area contributed by atoms with Gasteiger partial charge in [0.1, 0.15) is 17.8 Å². The van der Waals surface area contributed by atoms with E-state index in [2.05, 4.69) is 30.9 Å². The number of nitrogens with one attached hydrogen (secondary N) is 1. The SMILES string of the molecule is Nc1ncnc2[nH]cc(-c3cccc(Br)c3)c12. The van der Waals surface area contributed by atoms with Crippen LogP contribution in [0.5, 0.6) is 0 Å². The second-order valence-electron chi connectivity index (χ2n) is 3.70. The fourth-order valence-corrected chi connectivity index (χ4v) is 2.27. The average molecular weight is 289 g/mol. The second-order valence-corrected chi connectivity index (χ2v) is 4.61. The van der Waals surface area contributed by atoms with Crippen LogP contribution >= 0.6 is 15.9 Å². The maximum absolute atomic E-state index is 5.89. The molecule has 0 aliphatic rings. The Balaban J connectivity index is 2.31. The van der Waals surface area contributed by atoms with Gasteiger partial charge < -0.3 is 10.7 Å². The summed E-state index contributed by atoms with van der Waals surface area (Å²) in [7, 11) is 0. The number of nitrogen functional groups attached to an aromatic ring is 1. The summed E-state index contributed by atoms with van der Waals surface area (Å²) in [5.74, 6) is 0.492. The number of fused-ring (bicyclic) bond motifs is 1. The van der Waals surface area contributed by atoms with Crippen LogP contribution in [0.2, 0.25) is 0 Å². The largest absolute Gasteiger partial charge is 0.383 e. The van der Waals surface area contributed by atoms with E-state index in [4.69, 9.17) is 5.73 Å². The van der Waals surface area contributed by atoms with Crippen LogP contribution in [0, 0.1) is 0 Å². The Bertz CT molecular complexity index is 690. The van der Waals surface area contributed by atoms with Crippen molar-refractivity contribution in [3.05, 3.63) is 41.3 Å². The minimum Gasteiger partial charge on any atom is -0.383 e. The number of halogens is 1. The minimum atomic E-state index is 0.492. The molecule has 0 bridgehead atoms. The fourth-order valence-electron chi connectivity index (χ4n) is 1.87. The summed E-state index contributed by atoms with van der Waals surface area (Å²) in [4.78, 5) is 11.3. The van der Waals surface area contributed by atoms with Crippen molar-refractivity contribution in [3.8, 4) is 11.1 Å². The van der Waals surface area contributed by atoms with Crippen LogP contribution in [0.15, 0.2) is 41.3 Å². The molecule has 3 aromatic rings. The van der Waals surface area contributed by atoms with E-state index in [1.807, 2.05) is 30.5 Å². The normalized spacial score (nSPS) is 10.9. The van der Waals surface area contributed by atoms with Crippen molar-refractivity contribution < 1.29 is 0 Å². The molecule has 3 N–H and O–H groups in total. The fraction of sp³-hybridized carbons (Fsp3) is 0. The van der Waals surface area contributed by atoms with E-state index < -0.39 is 0 Å². The average Bonchev–Trinajstić information content (AvgIpc) is 2.74. The van der Waals surface area contributed by atoms with Gasteiger partial charge in [-0.3, -0.25) is 0 Å². The van der Waals surface area contributed by atoms with Crippen LogP contribution in [0.1, 0.15) is 0 Å². The van der Waals surface area contributed by atoms with Crippen molar-refractivity contribution in [2.45, 2.75) is 0 Å². The Morgan fingerprint density at radius 3 is 2.94 bits per heavy atom. The molecule has 17 heavy (non-hydrogen) atoms. The van der Waals surface area contributed by atoms with E-state index >= 15 is 0 Å². The van der Waals surface area contributed by atoms with Crippen LogP contribution < -0.4 is 5.73 Å². The summed E-state index contributed by atoms with van der Waals surface area (Å²) >= 11 is 3.46. The zero-order valence-corrected chi connectivity index (χ0v) is 10.4. The van der Waals surface area contributed by atoms with E-state index in [0.717, 1.165) is 26.6 Å². The molecule has 0 fully saturated rings. The van der Waals surface area contributed by atoms with Crippen molar-refractivity contribution in [1.29, 1.82) is 0 Å². The van der Waals surface area contributed by atoms with Crippen LogP contribution in [-0.4, -0.2) is 15.0 Å². The molecule has 4 nitrogen and oxygen atoms in total. The lowest BCUT2D eigenvalue weighted by Gasteiger charge is -2.01. The molecule has 3 rings (SSSR count). The third-order valence-electron chi connectivity index (χ3n) is 2.63. The van der Waals surface area contributed by atoms with Crippen molar-refractivity contribution in [1.82, 2.24) is 15.0 Å². The van der Waals surface area contributed by atoms with Gasteiger partial charge in [-0.2, -0.15) is 0 Å². The molecule has 0 aliphatic heterocycles. The van der Waals surface area contributed by atoms with Gasteiger partial charge in [0.2, 0.25) is 0 Å². The molecule has 0 aliphatic carbocycles. The molecule has 0 atom stereocenters. The van der Waals surface area contributed by atoms with Crippen molar-refractivity contribution >= 4 is 32.8 Å². The number of nitrogens with two attached hydrogens (primary N) is 1. The van der Waals surface area contributed by atoms with Crippen LogP contribution in [-0.2, 0) is 0 Å². The van der Waals surface area contributed by atoms with Gasteiger partial charge in [0.25, 0.3) is 0 Å². The van der Waals surface area contributed by atoms with E-state index in [-0.39, 0.29) is 0 Å². The zero-order valence-electron chi connectivity index (χ0n) is 8.81. The lowest BCUT2D eigenvalue weighted by Crippen LogP contribution is -1.92. The second kappa shape index (κ2) is 3.85. The maximum atomic E-state index is 5.89. The summed E-state index contributed by atoms with van der Waals surface area (Å²) in [6.07, 6.45) is 3.36. The Morgan fingerprint density at radius 1 is 1.24 bits per heavy atom. The number of hydrogen-bond acceptors (Lipinski definition) is 3. The maximum Gasteiger partial charge on any atom is 0.143 e. The minimum absolute atomic E-state index is 0.492. The summed E-state index contributed by atoms with van der Waals surface area (Å²) in [6, 6.07) is 8.03.